The Morgan fingerprint density at radius 1 is 1.40 bits per heavy atom. The van der Waals surface area contributed by atoms with E-state index in [2.05, 4.69) is 5.32 Å². The van der Waals surface area contributed by atoms with Gasteiger partial charge in [0.1, 0.15) is 0 Å². The number of rotatable bonds is 5. The first-order valence-electron chi connectivity index (χ1n) is 7.95. The highest BCUT2D eigenvalue weighted by molar-refractivity contribution is 7.90. The van der Waals surface area contributed by atoms with E-state index in [1.54, 1.807) is 4.90 Å². The smallest absolute Gasteiger partial charge is 0.254 e. The Hall–Kier alpha value is -2.42. The minimum Gasteiger partial charge on any atom is -0.370 e. The Labute approximate surface area is 145 Å². The summed E-state index contributed by atoms with van der Waals surface area (Å²) in [5.74, 6) is -0.717. The van der Waals surface area contributed by atoms with Gasteiger partial charge >= 0.3 is 0 Å². The highest BCUT2D eigenvalue weighted by Crippen LogP contribution is 2.40. The van der Waals surface area contributed by atoms with Gasteiger partial charge in [-0.25, -0.2) is 8.42 Å². The van der Waals surface area contributed by atoms with Gasteiger partial charge in [0.15, 0.2) is 15.8 Å². The molecule has 0 aromatic heterocycles. The van der Waals surface area contributed by atoms with Gasteiger partial charge in [-0.15, -0.1) is 0 Å². The molecule has 1 atom stereocenters. The van der Waals surface area contributed by atoms with Crippen LogP contribution in [0.15, 0.2) is 23.1 Å². The van der Waals surface area contributed by atoms with E-state index in [1.165, 1.54) is 18.2 Å². The number of fused-ring (bicyclic) bond motifs is 1. The first-order chi connectivity index (χ1) is 11.7. The summed E-state index contributed by atoms with van der Waals surface area (Å²) in [7, 11) is -3.43. The van der Waals surface area contributed by atoms with Crippen LogP contribution in [0.5, 0.6) is 0 Å². The molecule has 1 saturated carbocycles. The standard InChI is InChI=1S/C16H20N4O4S/c1-25(23,24)10-4-5-11-12(6-10)13(7-14(21)19-16(17)18)20(15(11)22)8-9-2-3-9/h4-6,9,13H,2-3,7-8H2,1H3,(H4,17,18,19,21). The van der Waals surface area contributed by atoms with Crippen molar-refractivity contribution in [3.05, 3.63) is 29.3 Å². The van der Waals surface area contributed by atoms with Crippen LogP contribution < -0.4 is 11.1 Å². The largest absolute Gasteiger partial charge is 0.370 e. The van der Waals surface area contributed by atoms with Crippen LogP contribution in [0.1, 0.15) is 41.2 Å². The number of benzene rings is 1. The normalized spacial score (nSPS) is 19.6. The third-order valence-corrected chi connectivity index (χ3v) is 5.59. The lowest BCUT2D eigenvalue weighted by Gasteiger charge is -2.25. The second-order valence-corrected chi connectivity index (χ2v) is 8.62. The molecule has 1 aliphatic heterocycles. The molecule has 134 valence electrons. The van der Waals surface area contributed by atoms with Crippen molar-refractivity contribution >= 4 is 27.6 Å². The molecule has 1 aliphatic carbocycles. The molecular formula is C16H20N4O4S. The summed E-state index contributed by atoms with van der Waals surface area (Å²) in [5.41, 5.74) is 6.15. The molecule has 0 spiro atoms. The first kappa shape index (κ1) is 17.4. The lowest BCUT2D eigenvalue weighted by Crippen LogP contribution is -2.39. The van der Waals surface area contributed by atoms with Crippen molar-refractivity contribution in [2.75, 3.05) is 12.8 Å². The third-order valence-electron chi connectivity index (χ3n) is 4.48. The van der Waals surface area contributed by atoms with Gasteiger partial charge in [-0.1, -0.05) is 0 Å². The van der Waals surface area contributed by atoms with E-state index in [-0.39, 0.29) is 17.2 Å². The van der Waals surface area contributed by atoms with Gasteiger partial charge < -0.3 is 10.6 Å². The van der Waals surface area contributed by atoms with Crippen molar-refractivity contribution in [2.45, 2.75) is 30.2 Å². The van der Waals surface area contributed by atoms with Gasteiger partial charge in [0.25, 0.3) is 5.91 Å². The maximum atomic E-state index is 12.7. The highest BCUT2D eigenvalue weighted by atomic mass is 32.2. The van der Waals surface area contributed by atoms with E-state index in [4.69, 9.17) is 11.1 Å². The minimum atomic E-state index is -3.43. The van der Waals surface area contributed by atoms with Crippen LogP contribution in [0.4, 0.5) is 0 Å². The van der Waals surface area contributed by atoms with Crippen LogP contribution in [0.25, 0.3) is 0 Å². The van der Waals surface area contributed by atoms with Crippen LogP contribution in [-0.4, -0.2) is 43.9 Å². The number of nitrogens with two attached hydrogens (primary N) is 1. The Morgan fingerprint density at radius 3 is 2.64 bits per heavy atom. The molecule has 4 N–H and O–H groups in total. The van der Waals surface area contributed by atoms with Crippen molar-refractivity contribution in [3.63, 3.8) is 0 Å². The monoisotopic (exact) mass is 364 g/mol. The Morgan fingerprint density at radius 2 is 2.08 bits per heavy atom. The lowest BCUT2D eigenvalue weighted by molar-refractivity contribution is -0.120. The highest BCUT2D eigenvalue weighted by Gasteiger charge is 2.40. The fraction of sp³-hybridized carbons (Fsp3) is 0.438. The molecule has 9 heteroatoms. The number of carbonyl (C=O) groups is 2. The Bertz CT molecular complexity index is 861. The van der Waals surface area contributed by atoms with Crippen molar-refractivity contribution in [1.82, 2.24) is 10.2 Å². The molecule has 2 aliphatic rings. The molecule has 2 amide bonds. The number of nitrogens with zero attached hydrogens (tertiary/aromatic N) is 1. The molecule has 1 aromatic carbocycles. The molecule has 0 bridgehead atoms. The van der Waals surface area contributed by atoms with Gasteiger partial charge in [-0.3, -0.25) is 20.3 Å². The molecule has 3 rings (SSSR count). The summed E-state index contributed by atoms with van der Waals surface area (Å²) in [6, 6.07) is 3.85. The number of hydrogen-bond donors (Lipinski definition) is 3. The summed E-state index contributed by atoms with van der Waals surface area (Å²) < 4.78 is 23.7. The van der Waals surface area contributed by atoms with Gasteiger partial charge in [0.05, 0.1) is 17.4 Å². The Kier molecular flexibility index (Phi) is 4.28. The number of hydrogen-bond acceptors (Lipinski definition) is 5. The van der Waals surface area contributed by atoms with E-state index in [0.29, 0.717) is 23.6 Å². The van der Waals surface area contributed by atoms with Crippen LogP contribution >= 0.6 is 0 Å². The van der Waals surface area contributed by atoms with E-state index >= 15 is 0 Å². The molecule has 1 fully saturated rings. The Balaban J connectivity index is 1.97. The van der Waals surface area contributed by atoms with Crippen molar-refractivity contribution < 1.29 is 18.0 Å². The van der Waals surface area contributed by atoms with E-state index in [1.807, 2.05) is 0 Å². The number of nitrogens with one attached hydrogen (secondary N) is 2. The fourth-order valence-corrected chi connectivity index (χ4v) is 3.75. The SMILES string of the molecule is CS(=O)(=O)c1ccc2c(c1)C(CC(=O)NC(=N)N)N(CC1CC1)C2=O. The number of carbonyl (C=O) groups excluding carboxylic acids is 2. The summed E-state index contributed by atoms with van der Waals surface area (Å²) in [6.45, 7) is 0.541. The van der Waals surface area contributed by atoms with E-state index in [9.17, 15) is 18.0 Å². The predicted octanol–water partition coefficient (Wildman–Crippen LogP) is 0.397. The molecular weight excluding hydrogens is 344 g/mol. The maximum absolute atomic E-state index is 12.7. The molecule has 1 aromatic rings. The second kappa shape index (κ2) is 6.14. The minimum absolute atomic E-state index is 0.0712. The van der Waals surface area contributed by atoms with E-state index in [0.717, 1.165) is 19.1 Å². The lowest BCUT2D eigenvalue weighted by atomic mass is 10.0. The molecule has 1 heterocycles. The van der Waals surface area contributed by atoms with E-state index < -0.39 is 27.7 Å². The summed E-state index contributed by atoms with van der Waals surface area (Å²) >= 11 is 0. The van der Waals surface area contributed by atoms with Crippen LogP contribution in [0.3, 0.4) is 0 Å². The molecule has 0 radical (unpaired) electrons. The zero-order chi connectivity index (χ0) is 18.4. The summed E-state index contributed by atoms with van der Waals surface area (Å²) in [5, 5.41) is 9.37. The summed E-state index contributed by atoms with van der Waals surface area (Å²) in [6.07, 6.45) is 3.12. The number of amides is 2. The number of guanidine groups is 1. The fourth-order valence-electron chi connectivity index (χ4n) is 3.09. The molecule has 8 nitrogen and oxygen atoms in total. The topological polar surface area (TPSA) is 133 Å². The van der Waals surface area contributed by atoms with Gasteiger partial charge in [0, 0.05) is 18.4 Å². The van der Waals surface area contributed by atoms with Crippen LogP contribution in [-0.2, 0) is 14.6 Å². The van der Waals surface area contributed by atoms with Crippen molar-refractivity contribution in [3.8, 4) is 0 Å². The maximum Gasteiger partial charge on any atom is 0.254 e. The van der Waals surface area contributed by atoms with Crippen LogP contribution in [0, 0.1) is 11.3 Å². The zero-order valence-corrected chi connectivity index (χ0v) is 14.6. The first-order valence-corrected chi connectivity index (χ1v) is 9.85. The zero-order valence-electron chi connectivity index (χ0n) is 13.8. The quantitative estimate of drug-likeness (QED) is 0.513. The molecule has 1 unspecified atom stereocenters. The second-order valence-electron chi connectivity index (χ2n) is 6.60. The molecule has 0 saturated heterocycles. The average molecular weight is 364 g/mol. The number of sulfone groups is 1. The molecule has 25 heavy (non-hydrogen) atoms. The van der Waals surface area contributed by atoms with Crippen molar-refractivity contribution in [1.29, 1.82) is 5.41 Å². The average Bonchev–Trinajstić information content (AvgIpc) is 3.28. The third kappa shape index (κ3) is 3.65. The predicted molar refractivity (Wildman–Crippen MR) is 90.7 cm³/mol. The summed E-state index contributed by atoms with van der Waals surface area (Å²) in [4.78, 5) is 26.5. The van der Waals surface area contributed by atoms with Gasteiger partial charge in [-0.2, -0.15) is 0 Å². The van der Waals surface area contributed by atoms with Gasteiger partial charge in [-0.05, 0) is 42.5 Å². The van der Waals surface area contributed by atoms with Crippen molar-refractivity contribution in [2.24, 2.45) is 11.7 Å². The van der Waals surface area contributed by atoms with Gasteiger partial charge in [0.2, 0.25) is 5.91 Å². The van der Waals surface area contributed by atoms with Crippen LogP contribution in [0.2, 0.25) is 0 Å².